The second kappa shape index (κ2) is 3.59. The van der Waals surface area contributed by atoms with Crippen LogP contribution in [0.4, 0.5) is 0 Å². The van der Waals surface area contributed by atoms with E-state index in [9.17, 15) is 0 Å². The Morgan fingerprint density at radius 1 is 1.31 bits per heavy atom. The van der Waals surface area contributed by atoms with Crippen LogP contribution in [0.2, 0.25) is 0 Å². The summed E-state index contributed by atoms with van der Waals surface area (Å²) in [5.74, 6) is 0. The molecular formula is C15H20O. The Morgan fingerprint density at radius 2 is 2.19 bits per heavy atom. The Bertz CT molecular complexity index is 414. The normalized spacial score (nSPS) is 27.6. The van der Waals surface area contributed by atoms with Gasteiger partial charge < -0.3 is 4.74 Å². The predicted octanol–water partition coefficient (Wildman–Crippen LogP) is 3.16. The molecule has 3 rings (SSSR count). The van der Waals surface area contributed by atoms with Crippen molar-refractivity contribution in [3.8, 4) is 0 Å². The molecule has 0 saturated carbocycles. The summed E-state index contributed by atoms with van der Waals surface area (Å²) in [6, 6.07) is 4.63. The van der Waals surface area contributed by atoms with E-state index in [1.54, 1.807) is 16.7 Å². The van der Waals surface area contributed by atoms with Crippen LogP contribution < -0.4 is 0 Å². The average Bonchev–Trinajstić information content (AvgIpc) is 2.90. The summed E-state index contributed by atoms with van der Waals surface area (Å²) >= 11 is 0. The lowest BCUT2D eigenvalue weighted by Gasteiger charge is -2.25. The standard InChI is InChI=1S/C15H20O/c1-3-12-5-4-11(2)13-6-7-15(14(12)13)8-9-16-10-15/h4-5H,3,6-10H2,1-2H3. The molecular weight excluding hydrogens is 196 g/mol. The van der Waals surface area contributed by atoms with E-state index in [4.69, 9.17) is 4.74 Å². The summed E-state index contributed by atoms with van der Waals surface area (Å²) in [7, 11) is 0. The highest BCUT2D eigenvalue weighted by atomic mass is 16.5. The molecule has 1 aliphatic heterocycles. The number of hydrogen-bond acceptors (Lipinski definition) is 1. The van der Waals surface area contributed by atoms with Crippen LogP contribution in [0.25, 0.3) is 0 Å². The van der Waals surface area contributed by atoms with Crippen LogP contribution in [0.15, 0.2) is 12.1 Å². The minimum atomic E-state index is 0.382. The molecule has 1 fully saturated rings. The van der Waals surface area contributed by atoms with Crippen LogP contribution in [-0.2, 0) is 23.0 Å². The van der Waals surface area contributed by atoms with Gasteiger partial charge in [-0.15, -0.1) is 0 Å². The Labute approximate surface area is 97.8 Å². The fourth-order valence-electron chi connectivity index (χ4n) is 3.57. The lowest BCUT2D eigenvalue weighted by atomic mass is 9.78. The monoisotopic (exact) mass is 216 g/mol. The molecule has 1 aromatic rings. The highest BCUT2D eigenvalue weighted by Gasteiger charge is 2.43. The number of benzene rings is 1. The summed E-state index contributed by atoms with van der Waals surface area (Å²) in [4.78, 5) is 0. The van der Waals surface area contributed by atoms with Crippen molar-refractivity contribution in [1.29, 1.82) is 0 Å². The highest BCUT2D eigenvalue weighted by molar-refractivity contribution is 5.49. The molecule has 1 heteroatoms. The summed E-state index contributed by atoms with van der Waals surface area (Å²) in [5, 5.41) is 0. The van der Waals surface area contributed by atoms with Crippen LogP contribution >= 0.6 is 0 Å². The number of aryl methyl sites for hydroxylation is 2. The largest absolute Gasteiger partial charge is 0.380 e. The van der Waals surface area contributed by atoms with Gasteiger partial charge in [-0.25, -0.2) is 0 Å². The summed E-state index contributed by atoms with van der Waals surface area (Å²) < 4.78 is 5.68. The maximum atomic E-state index is 5.68. The van der Waals surface area contributed by atoms with Gasteiger partial charge in [0, 0.05) is 12.0 Å². The minimum absolute atomic E-state index is 0.382. The molecule has 0 N–H and O–H groups in total. The fraction of sp³-hybridized carbons (Fsp3) is 0.600. The van der Waals surface area contributed by atoms with Gasteiger partial charge in [-0.2, -0.15) is 0 Å². The molecule has 1 spiro atoms. The first kappa shape index (κ1) is 10.3. The zero-order chi connectivity index (χ0) is 11.2. The van der Waals surface area contributed by atoms with Gasteiger partial charge in [0.2, 0.25) is 0 Å². The number of rotatable bonds is 1. The first-order valence-corrected chi connectivity index (χ1v) is 6.46. The molecule has 0 bridgehead atoms. The smallest absolute Gasteiger partial charge is 0.0564 e. The molecule has 1 aliphatic carbocycles. The van der Waals surface area contributed by atoms with Crippen LogP contribution in [-0.4, -0.2) is 13.2 Å². The maximum absolute atomic E-state index is 5.68. The zero-order valence-corrected chi connectivity index (χ0v) is 10.3. The third-order valence-corrected chi connectivity index (χ3v) is 4.50. The van der Waals surface area contributed by atoms with Crippen molar-refractivity contribution in [1.82, 2.24) is 0 Å². The second-order valence-electron chi connectivity index (χ2n) is 5.33. The van der Waals surface area contributed by atoms with E-state index in [0.29, 0.717) is 5.41 Å². The average molecular weight is 216 g/mol. The molecule has 1 saturated heterocycles. The lowest BCUT2D eigenvalue weighted by Crippen LogP contribution is -2.24. The number of ether oxygens (including phenoxy) is 1. The zero-order valence-electron chi connectivity index (χ0n) is 10.3. The third-order valence-electron chi connectivity index (χ3n) is 4.50. The van der Waals surface area contributed by atoms with E-state index < -0.39 is 0 Å². The van der Waals surface area contributed by atoms with Gasteiger partial charge in [-0.05, 0) is 54.9 Å². The molecule has 0 amide bonds. The van der Waals surface area contributed by atoms with Crippen molar-refractivity contribution in [2.45, 2.75) is 44.9 Å². The Kier molecular flexibility index (Phi) is 2.32. The quantitative estimate of drug-likeness (QED) is 0.700. The third kappa shape index (κ3) is 1.27. The summed E-state index contributed by atoms with van der Waals surface area (Å²) in [6.45, 7) is 6.44. The SMILES string of the molecule is CCc1ccc(C)c2c1C1(CCOC1)CC2. The van der Waals surface area contributed by atoms with E-state index in [-0.39, 0.29) is 0 Å². The molecule has 16 heavy (non-hydrogen) atoms. The Balaban J connectivity index is 2.19. The van der Waals surface area contributed by atoms with E-state index in [2.05, 4.69) is 26.0 Å². The summed E-state index contributed by atoms with van der Waals surface area (Å²) in [6.07, 6.45) is 4.96. The van der Waals surface area contributed by atoms with Crippen molar-refractivity contribution in [3.05, 3.63) is 34.4 Å². The molecule has 0 radical (unpaired) electrons. The van der Waals surface area contributed by atoms with Crippen molar-refractivity contribution >= 4 is 0 Å². The molecule has 1 aromatic carbocycles. The van der Waals surface area contributed by atoms with Gasteiger partial charge in [0.1, 0.15) is 0 Å². The first-order valence-electron chi connectivity index (χ1n) is 6.46. The Hall–Kier alpha value is -0.820. The number of fused-ring (bicyclic) bond motifs is 2. The Morgan fingerprint density at radius 3 is 2.88 bits per heavy atom. The maximum Gasteiger partial charge on any atom is 0.0564 e. The molecule has 1 heterocycles. The van der Waals surface area contributed by atoms with Crippen LogP contribution in [0.1, 0.15) is 42.0 Å². The van der Waals surface area contributed by atoms with Crippen LogP contribution in [0.5, 0.6) is 0 Å². The van der Waals surface area contributed by atoms with Gasteiger partial charge in [0.25, 0.3) is 0 Å². The van der Waals surface area contributed by atoms with Crippen LogP contribution in [0.3, 0.4) is 0 Å². The molecule has 1 nitrogen and oxygen atoms in total. The minimum Gasteiger partial charge on any atom is -0.380 e. The molecule has 2 aliphatic rings. The van der Waals surface area contributed by atoms with Gasteiger partial charge in [0.15, 0.2) is 0 Å². The molecule has 1 unspecified atom stereocenters. The van der Waals surface area contributed by atoms with Gasteiger partial charge in [-0.1, -0.05) is 19.1 Å². The second-order valence-corrected chi connectivity index (χ2v) is 5.33. The van der Waals surface area contributed by atoms with Crippen molar-refractivity contribution < 1.29 is 4.74 Å². The van der Waals surface area contributed by atoms with Gasteiger partial charge in [-0.3, -0.25) is 0 Å². The van der Waals surface area contributed by atoms with Crippen molar-refractivity contribution in [2.24, 2.45) is 0 Å². The van der Waals surface area contributed by atoms with E-state index in [1.165, 1.54) is 24.8 Å². The van der Waals surface area contributed by atoms with Crippen molar-refractivity contribution in [3.63, 3.8) is 0 Å². The van der Waals surface area contributed by atoms with Gasteiger partial charge in [0.05, 0.1) is 6.61 Å². The predicted molar refractivity (Wildman–Crippen MR) is 66.0 cm³/mol. The van der Waals surface area contributed by atoms with Crippen LogP contribution in [0, 0.1) is 6.92 Å². The topological polar surface area (TPSA) is 9.23 Å². The lowest BCUT2D eigenvalue weighted by molar-refractivity contribution is 0.177. The van der Waals surface area contributed by atoms with Gasteiger partial charge >= 0.3 is 0 Å². The highest BCUT2D eigenvalue weighted by Crippen LogP contribution is 2.47. The molecule has 0 aromatic heterocycles. The van der Waals surface area contributed by atoms with Crippen molar-refractivity contribution in [2.75, 3.05) is 13.2 Å². The van der Waals surface area contributed by atoms with E-state index >= 15 is 0 Å². The molecule has 86 valence electrons. The van der Waals surface area contributed by atoms with E-state index in [0.717, 1.165) is 19.6 Å². The van der Waals surface area contributed by atoms with E-state index in [1.807, 2.05) is 0 Å². The first-order chi connectivity index (χ1) is 7.77. The molecule has 1 atom stereocenters. The number of hydrogen-bond donors (Lipinski definition) is 0. The summed E-state index contributed by atoms with van der Waals surface area (Å²) in [5.41, 5.74) is 6.71. The fourth-order valence-corrected chi connectivity index (χ4v) is 3.57.